The third-order valence-corrected chi connectivity index (χ3v) is 5.55. The van der Waals surface area contributed by atoms with Crippen LogP contribution in [0.25, 0.3) is 0 Å². The van der Waals surface area contributed by atoms with Crippen LogP contribution < -0.4 is 0 Å². The molecule has 0 saturated carbocycles. The first-order valence-corrected chi connectivity index (χ1v) is 10.6. The minimum atomic E-state index is -0.546. The van der Waals surface area contributed by atoms with Crippen LogP contribution in [0.15, 0.2) is 0 Å². The molecule has 2 rings (SSSR count). The van der Waals surface area contributed by atoms with Crippen molar-refractivity contribution in [2.24, 2.45) is 17.3 Å². The summed E-state index contributed by atoms with van der Waals surface area (Å²) in [7, 11) is 2.11. The van der Waals surface area contributed by atoms with Crippen LogP contribution in [0.1, 0.15) is 48.0 Å². The van der Waals surface area contributed by atoms with Crippen molar-refractivity contribution in [2.45, 2.75) is 60.2 Å². The number of piperazine rings is 1. The van der Waals surface area contributed by atoms with Crippen LogP contribution in [0.5, 0.6) is 0 Å². The molecule has 1 N–H and O–H groups in total. The van der Waals surface area contributed by atoms with Gasteiger partial charge in [0.15, 0.2) is 12.2 Å². The first-order valence-electron chi connectivity index (χ1n) is 10.6. The van der Waals surface area contributed by atoms with Gasteiger partial charge < -0.3 is 29.1 Å². The van der Waals surface area contributed by atoms with Gasteiger partial charge in [-0.05, 0) is 54.0 Å². The summed E-state index contributed by atoms with van der Waals surface area (Å²) >= 11 is 0. The number of ether oxygens (including phenoxy) is 3. The normalized spacial score (nSPS) is 26.7. The van der Waals surface area contributed by atoms with E-state index in [1.807, 2.05) is 17.9 Å². The predicted molar refractivity (Wildman–Crippen MR) is 113 cm³/mol. The van der Waals surface area contributed by atoms with E-state index in [0.717, 1.165) is 32.6 Å². The van der Waals surface area contributed by atoms with Gasteiger partial charge in [0.25, 0.3) is 0 Å². The topological polar surface area (TPSA) is 88.5 Å². The number of rotatable bonds is 4. The van der Waals surface area contributed by atoms with E-state index in [9.17, 15) is 9.59 Å². The van der Waals surface area contributed by atoms with Gasteiger partial charge >= 0.3 is 5.97 Å². The van der Waals surface area contributed by atoms with Gasteiger partial charge in [-0.2, -0.15) is 0 Å². The van der Waals surface area contributed by atoms with Crippen LogP contribution in [0.4, 0.5) is 0 Å². The van der Waals surface area contributed by atoms with Crippen molar-refractivity contribution in [3.05, 3.63) is 0 Å². The molecule has 4 atom stereocenters. The average molecular weight is 427 g/mol. The molecule has 0 aromatic carbocycles. The quantitative estimate of drug-likeness (QED) is 0.319. The van der Waals surface area contributed by atoms with Crippen LogP contribution >= 0.6 is 0 Å². The lowest BCUT2D eigenvalue weighted by Crippen LogP contribution is -2.50. The molecule has 2 heterocycles. The van der Waals surface area contributed by atoms with Crippen LogP contribution in [0.3, 0.4) is 0 Å². The maximum Gasteiger partial charge on any atom is 0.314 e. The van der Waals surface area contributed by atoms with Gasteiger partial charge in [0.1, 0.15) is 0 Å². The highest BCUT2D eigenvalue weighted by Gasteiger charge is 2.44. The van der Waals surface area contributed by atoms with Crippen molar-refractivity contribution in [3.63, 3.8) is 0 Å². The van der Waals surface area contributed by atoms with Crippen LogP contribution in [0, 0.1) is 29.5 Å². The average Bonchev–Trinajstić information content (AvgIpc) is 2.97. The summed E-state index contributed by atoms with van der Waals surface area (Å²) in [5.41, 5.74) is -0.546. The Morgan fingerprint density at radius 1 is 1.13 bits per heavy atom. The van der Waals surface area contributed by atoms with Crippen LogP contribution in [-0.2, 0) is 23.8 Å². The predicted octanol–water partition coefficient (Wildman–Crippen LogP) is 2.05. The molecule has 8 nitrogen and oxygen atoms in total. The Morgan fingerprint density at radius 3 is 2.23 bits per heavy atom. The van der Waals surface area contributed by atoms with E-state index in [0.29, 0.717) is 11.8 Å². The second-order valence-corrected chi connectivity index (χ2v) is 8.93. The maximum absolute atomic E-state index is 12.7. The molecular weight excluding hydrogens is 388 g/mol. The molecule has 2 aliphatic heterocycles. The molecule has 0 spiro atoms. The standard InChI is InChI=1S/C14H26N2O2.C8H12O4/c1-5-12-10(2)18-11(3)13(12)14(17)16-8-6-15(4)7-9-16;1-8(2,3)7(10)12-6-11-5-4-9/h10-13H,5-9H2,1-4H3;9H,6H2,1-3H3. The Morgan fingerprint density at radius 2 is 1.73 bits per heavy atom. The molecule has 0 aromatic heterocycles. The van der Waals surface area contributed by atoms with E-state index in [4.69, 9.17) is 9.84 Å². The molecular formula is C22H38N2O6. The van der Waals surface area contributed by atoms with Gasteiger partial charge in [-0.1, -0.05) is 6.92 Å². The number of aliphatic hydroxyl groups excluding tert-OH is 1. The number of nitrogens with zero attached hydrogens (tertiary/aromatic N) is 2. The van der Waals surface area contributed by atoms with Crippen molar-refractivity contribution in [3.8, 4) is 12.2 Å². The number of esters is 1. The molecule has 2 aliphatic rings. The summed E-state index contributed by atoms with van der Waals surface area (Å²) in [6, 6.07) is 0. The molecule has 0 aliphatic carbocycles. The van der Waals surface area contributed by atoms with Crippen LogP contribution in [-0.4, -0.2) is 79.0 Å². The van der Waals surface area contributed by atoms with E-state index in [1.54, 1.807) is 20.8 Å². The van der Waals surface area contributed by atoms with E-state index in [-0.39, 0.29) is 30.9 Å². The zero-order chi connectivity index (χ0) is 22.9. The lowest BCUT2D eigenvalue weighted by molar-refractivity contribution is -0.161. The van der Waals surface area contributed by atoms with Crippen molar-refractivity contribution in [2.75, 3.05) is 40.0 Å². The Bertz CT molecular complexity index is 613. The number of hydrogen-bond acceptors (Lipinski definition) is 7. The van der Waals surface area contributed by atoms with Crippen molar-refractivity contribution in [1.82, 2.24) is 9.80 Å². The molecule has 2 saturated heterocycles. The SMILES string of the molecule is CC(C)(C)C(=O)OCOC#CO.CCC1C(C)OC(C)C1C(=O)N1CCN(C)CC1. The van der Waals surface area contributed by atoms with Gasteiger partial charge in [0.05, 0.1) is 23.5 Å². The number of aliphatic hydroxyl groups is 1. The molecule has 172 valence electrons. The molecule has 0 aromatic rings. The summed E-state index contributed by atoms with van der Waals surface area (Å²) in [6.07, 6.45) is 4.70. The minimum Gasteiger partial charge on any atom is -0.460 e. The number of likely N-dealkylation sites (N-methyl/N-ethyl adjacent to an activating group) is 1. The van der Waals surface area contributed by atoms with Crippen molar-refractivity contribution < 1.29 is 28.9 Å². The zero-order valence-corrected chi connectivity index (χ0v) is 19.4. The fraction of sp³-hybridized carbons (Fsp3) is 0.818. The highest BCUT2D eigenvalue weighted by Crippen LogP contribution is 2.36. The largest absolute Gasteiger partial charge is 0.460 e. The Kier molecular flexibility index (Phi) is 10.4. The summed E-state index contributed by atoms with van der Waals surface area (Å²) in [6.45, 7) is 14.9. The second kappa shape index (κ2) is 12.0. The zero-order valence-electron chi connectivity index (χ0n) is 19.4. The van der Waals surface area contributed by atoms with Gasteiger partial charge in [-0.15, -0.1) is 0 Å². The lowest BCUT2D eigenvalue weighted by atomic mass is 9.85. The van der Waals surface area contributed by atoms with Crippen molar-refractivity contribution in [1.29, 1.82) is 0 Å². The number of carbonyl (C=O) groups excluding carboxylic acids is 2. The fourth-order valence-corrected chi connectivity index (χ4v) is 3.73. The summed E-state index contributed by atoms with van der Waals surface area (Å²) in [4.78, 5) is 28.0. The number of hydrogen-bond donors (Lipinski definition) is 1. The monoisotopic (exact) mass is 426 g/mol. The Balaban J connectivity index is 0.000000329. The maximum atomic E-state index is 12.7. The number of carbonyl (C=O) groups is 2. The molecule has 0 bridgehead atoms. The molecule has 2 fully saturated rings. The molecule has 4 unspecified atom stereocenters. The van der Waals surface area contributed by atoms with Gasteiger partial charge in [0.2, 0.25) is 12.7 Å². The van der Waals surface area contributed by atoms with E-state index >= 15 is 0 Å². The highest BCUT2D eigenvalue weighted by molar-refractivity contribution is 5.80. The van der Waals surface area contributed by atoms with E-state index in [2.05, 4.69) is 35.3 Å². The summed E-state index contributed by atoms with van der Waals surface area (Å²) in [5, 5.41) is 7.96. The highest BCUT2D eigenvalue weighted by atomic mass is 16.7. The minimum absolute atomic E-state index is 0.0633. The number of amides is 1. The smallest absolute Gasteiger partial charge is 0.314 e. The Hall–Kier alpha value is -1.98. The first-order chi connectivity index (χ1) is 14.0. The molecule has 1 amide bonds. The van der Waals surface area contributed by atoms with E-state index < -0.39 is 5.41 Å². The lowest BCUT2D eigenvalue weighted by Gasteiger charge is -2.35. The van der Waals surface area contributed by atoms with Gasteiger partial charge in [-0.25, -0.2) is 0 Å². The van der Waals surface area contributed by atoms with Gasteiger partial charge in [-0.3, -0.25) is 9.59 Å². The molecule has 30 heavy (non-hydrogen) atoms. The Labute approximate surface area is 180 Å². The molecule has 8 heteroatoms. The third-order valence-electron chi connectivity index (χ3n) is 5.55. The summed E-state index contributed by atoms with van der Waals surface area (Å²) < 4.78 is 14.9. The van der Waals surface area contributed by atoms with Gasteiger partial charge in [0, 0.05) is 26.2 Å². The second-order valence-electron chi connectivity index (χ2n) is 8.93. The third kappa shape index (κ3) is 7.69. The van der Waals surface area contributed by atoms with E-state index in [1.165, 1.54) is 6.11 Å². The van der Waals surface area contributed by atoms with Crippen molar-refractivity contribution >= 4 is 11.9 Å². The fourth-order valence-electron chi connectivity index (χ4n) is 3.73. The van der Waals surface area contributed by atoms with Crippen LogP contribution in [0.2, 0.25) is 0 Å². The molecule has 0 radical (unpaired) electrons. The first kappa shape index (κ1) is 26.1. The summed E-state index contributed by atoms with van der Waals surface area (Å²) in [5.74, 6) is 0.384.